The molecule has 0 aliphatic carbocycles. The summed E-state index contributed by atoms with van der Waals surface area (Å²) in [6, 6.07) is 19.6. The molecule has 0 amide bonds. The molecule has 0 radical (unpaired) electrons. The van der Waals surface area contributed by atoms with E-state index in [1.54, 1.807) is 24.4 Å². The Morgan fingerprint density at radius 1 is 1.07 bits per heavy atom. The number of rotatable bonds is 11. The Balaban J connectivity index is 1.37. The van der Waals surface area contributed by atoms with Gasteiger partial charge in [-0.05, 0) is 72.6 Å². The maximum atomic E-state index is 13.6. The van der Waals surface area contributed by atoms with Gasteiger partial charge in [0, 0.05) is 36.5 Å². The maximum Gasteiger partial charge on any atom is 0.148 e. The largest absolute Gasteiger partial charge is 0.487 e. The quantitative estimate of drug-likeness (QED) is 0.143. The van der Waals surface area contributed by atoms with Crippen molar-refractivity contribution in [1.29, 1.82) is 0 Å². The van der Waals surface area contributed by atoms with Gasteiger partial charge in [-0.3, -0.25) is 4.67 Å². The number of hydrogen-bond acceptors (Lipinski definition) is 8. The summed E-state index contributed by atoms with van der Waals surface area (Å²) < 4.78 is 50.4. The third-order valence-electron chi connectivity index (χ3n) is 7.00. The number of halogens is 2. The predicted octanol–water partition coefficient (Wildman–Crippen LogP) is 6.97. The lowest BCUT2D eigenvalue weighted by atomic mass is 10.1. The fraction of sp³-hybridized carbons (Fsp3) is 0.226. The molecule has 12 heteroatoms. The highest BCUT2D eigenvalue weighted by Gasteiger charge is 2.18. The highest BCUT2D eigenvalue weighted by Crippen LogP contribution is 2.39. The van der Waals surface area contributed by atoms with Gasteiger partial charge in [-0.2, -0.15) is 10.2 Å². The van der Waals surface area contributed by atoms with Crippen LogP contribution in [0.1, 0.15) is 16.9 Å². The van der Waals surface area contributed by atoms with Crippen molar-refractivity contribution in [3.63, 3.8) is 0 Å². The molecule has 1 atom stereocenters. The van der Waals surface area contributed by atoms with Crippen LogP contribution in [0.4, 0.5) is 15.8 Å². The molecule has 43 heavy (non-hydrogen) atoms. The molecule has 8 nitrogen and oxygen atoms in total. The number of anilines is 2. The van der Waals surface area contributed by atoms with Crippen molar-refractivity contribution in [3.8, 4) is 17.1 Å². The van der Waals surface area contributed by atoms with Crippen LogP contribution in [0, 0.1) is 12.7 Å². The summed E-state index contributed by atoms with van der Waals surface area (Å²) in [5.41, 5.74) is 4.79. The lowest BCUT2D eigenvalue weighted by Gasteiger charge is -2.24. The van der Waals surface area contributed by atoms with E-state index in [2.05, 4.69) is 19.6 Å². The van der Waals surface area contributed by atoms with E-state index in [0.29, 0.717) is 40.9 Å². The summed E-state index contributed by atoms with van der Waals surface area (Å²) in [5.74, 6) is 1.66. The van der Waals surface area contributed by atoms with Crippen LogP contribution < -0.4 is 9.64 Å². The van der Waals surface area contributed by atoms with Gasteiger partial charge in [-0.15, -0.1) is 0 Å². The number of ether oxygens (including phenoxy) is 1. The minimum Gasteiger partial charge on any atom is -0.487 e. The summed E-state index contributed by atoms with van der Waals surface area (Å²) in [7, 11) is 1.43. The Bertz CT molecular complexity index is 1890. The molecule has 0 aliphatic rings. The summed E-state index contributed by atoms with van der Waals surface area (Å²) in [6.45, 7) is 2.95. The van der Waals surface area contributed by atoms with Crippen molar-refractivity contribution < 1.29 is 22.0 Å². The van der Waals surface area contributed by atoms with Crippen LogP contribution in [0.5, 0.6) is 5.75 Å². The minimum atomic E-state index is -3.05. The lowest BCUT2D eigenvalue weighted by Crippen LogP contribution is -2.19. The van der Waals surface area contributed by atoms with Crippen LogP contribution in [0.15, 0.2) is 77.3 Å². The van der Waals surface area contributed by atoms with E-state index in [1.807, 2.05) is 59.9 Å². The Labute approximate surface area is 257 Å². The van der Waals surface area contributed by atoms with Crippen molar-refractivity contribution in [2.75, 3.05) is 30.5 Å². The monoisotopic (exact) mass is 640 g/mol. The number of sulfone groups is 1. The molecular weight excluding hydrogens is 610 g/mol. The summed E-state index contributed by atoms with van der Waals surface area (Å²) in [4.78, 5) is 2.00. The second-order valence-corrected chi connectivity index (χ2v) is 13.7. The maximum absolute atomic E-state index is 13.6. The standard InChI is InChI=1S/C31H31ClFN4O4PS/c1-20-27(10-12-30(31(20)32)40-19-21-5-4-6-23(33)15-21)36(2)28-17-34-35-26-9-7-22(16-25(26)28)29-11-8-24(41-29)18-37(42)13-14-43(3,38)39/h4-12,15-17H,13-14,18-19,42H2,1-3H3. The molecule has 224 valence electrons. The molecule has 0 saturated carbocycles. The molecule has 0 fully saturated rings. The van der Waals surface area contributed by atoms with Gasteiger partial charge in [-0.1, -0.05) is 33.1 Å². The van der Waals surface area contributed by atoms with E-state index in [4.69, 9.17) is 20.8 Å². The zero-order valence-electron chi connectivity index (χ0n) is 23.9. The Hall–Kier alpha value is -3.56. The zero-order chi connectivity index (χ0) is 30.7. The molecule has 0 N–H and O–H groups in total. The van der Waals surface area contributed by atoms with Crippen LogP contribution in [0.2, 0.25) is 5.02 Å². The van der Waals surface area contributed by atoms with E-state index in [1.165, 1.54) is 18.4 Å². The van der Waals surface area contributed by atoms with Crippen molar-refractivity contribution in [3.05, 3.63) is 101 Å². The minimum absolute atomic E-state index is 0.0709. The predicted molar refractivity (Wildman–Crippen MR) is 172 cm³/mol. The first kappa shape index (κ1) is 30.9. The second-order valence-electron chi connectivity index (χ2n) is 10.3. The number of aromatic nitrogens is 2. The van der Waals surface area contributed by atoms with Gasteiger partial charge in [0.1, 0.15) is 39.5 Å². The van der Waals surface area contributed by atoms with Crippen LogP contribution >= 0.6 is 21.0 Å². The van der Waals surface area contributed by atoms with E-state index >= 15 is 0 Å². The third-order valence-corrected chi connectivity index (χ3v) is 8.84. The molecule has 3 aromatic carbocycles. The molecular formula is C31H31ClFN4O4PS. The number of fused-ring (bicyclic) bond motifs is 1. The molecule has 0 saturated heterocycles. The Morgan fingerprint density at radius 2 is 1.88 bits per heavy atom. The van der Waals surface area contributed by atoms with Crippen LogP contribution in [-0.2, 0) is 23.0 Å². The number of hydrogen-bond donors (Lipinski definition) is 0. The van der Waals surface area contributed by atoms with Gasteiger partial charge in [0.2, 0.25) is 0 Å². The zero-order valence-corrected chi connectivity index (χ0v) is 26.6. The van der Waals surface area contributed by atoms with Crippen molar-refractivity contribution >= 4 is 53.1 Å². The number of furan rings is 1. The molecule has 5 aromatic rings. The third kappa shape index (κ3) is 7.51. The smallest absolute Gasteiger partial charge is 0.148 e. The molecule has 0 bridgehead atoms. The second kappa shape index (κ2) is 13.0. The first-order valence-corrected chi connectivity index (χ1v) is 16.4. The topological polar surface area (TPSA) is 88.8 Å². The summed E-state index contributed by atoms with van der Waals surface area (Å²) >= 11 is 6.73. The fourth-order valence-corrected chi connectivity index (χ4v) is 5.96. The average molecular weight is 641 g/mol. The number of benzene rings is 3. The van der Waals surface area contributed by atoms with Crippen LogP contribution in [0.3, 0.4) is 0 Å². The van der Waals surface area contributed by atoms with Gasteiger partial charge in [0.05, 0.1) is 34.7 Å². The van der Waals surface area contributed by atoms with Gasteiger partial charge < -0.3 is 14.1 Å². The first-order valence-electron chi connectivity index (χ1n) is 13.4. The molecule has 5 rings (SSSR count). The van der Waals surface area contributed by atoms with Gasteiger partial charge in [-0.25, -0.2) is 12.8 Å². The first-order chi connectivity index (χ1) is 20.5. The number of nitrogens with zero attached hydrogens (tertiary/aromatic N) is 4. The molecule has 2 heterocycles. The van der Waals surface area contributed by atoms with Crippen molar-refractivity contribution in [2.45, 2.75) is 20.1 Å². The van der Waals surface area contributed by atoms with E-state index in [-0.39, 0.29) is 18.2 Å². The fourth-order valence-electron chi connectivity index (χ4n) is 4.69. The van der Waals surface area contributed by atoms with Crippen LogP contribution in [0.25, 0.3) is 22.2 Å². The van der Waals surface area contributed by atoms with Crippen molar-refractivity contribution in [1.82, 2.24) is 14.9 Å². The Morgan fingerprint density at radius 3 is 2.65 bits per heavy atom. The van der Waals surface area contributed by atoms with Gasteiger partial charge in [0.25, 0.3) is 0 Å². The molecule has 0 aliphatic heterocycles. The van der Waals surface area contributed by atoms with Gasteiger partial charge in [0.15, 0.2) is 0 Å². The summed E-state index contributed by atoms with van der Waals surface area (Å²) in [5, 5.41) is 9.87. The molecule has 2 aromatic heterocycles. The normalized spacial score (nSPS) is 11.8. The lowest BCUT2D eigenvalue weighted by molar-refractivity contribution is 0.305. The average Bonchev–Trinajstić information content (AvgIpc) is 3.44. The highest BCUT2D eigenvalue weighted by molar-refractivity contribution is 7.90. The molecule has 0 spiro atoms. The van der Waals surface area contributed by atoms with Crippen molar-refractivity contribution in [2.24, 2.45) is 0 Å². The molecule has 1 unspecified atom stereocenters. The van der Waals surface area contributed by atoms with Crippen LogP contribution in [-0.4, -0.2) is 48.9 Å². The Kier molecular flexibility index (Phi) is 9.32. The summed E-state index contributed by atoms with van der Waals surface area (Å²) in [6.07, 6.45) is 2.93. The van der Waals surface area contributed by atoms with E-state index in [9.17, 15) is 12.8 Å². The highest BCUT2D eigenvalue weighted by atomic mass is 35.5. The SMILES string of the molecule is Cc1c(N(C)c2cnnc3ccc(-c4ccc(CN(P)CCS(C)(=O)=O)o4)cc23)ccc(OCc2cccc(F)c2)c1Cl. The van der Waals surface area contributed by atoms with E-state index in [0.717, 1.165) is 33.4 Å². The van der Waals surface area contributed by atoms with E-state index < -0.39 is 9.84 Å². The van der Waals surface area contributed by atoms with Gasteiger partial charge >= 0.3 is 0 Å².